The molecule has 25 heavy (non-hydrogen) atoms. The van der Waals surface area contributed by atoms with Gasteiger partial charge in [0.2, 0.25) is 5.91 Å². The van der Waals surface area contributed by atoms with Gasteiger partial charge in [0.05, 0.1) is 18.8 Å². The first kappa shape index (κ1) is 19.3. The molecule has 0 spiro atoms. The fourth-order valence-corrected chi connectivity index (χ4v) is 2.75. The number of aromatic nitrogens is 2. The predicted molar refractivity (Wildman–Crippen MR) is 90.9 cm³/mol. The number of carbonyl (C=O) groups excluding carboxylic acids is 2. The van der Waals surface area contributed by atoms with Crippen LogP contribution >= 0.6 is 0 Å². The van der Waals surface area contributed by atoms with E-state index in [4.69, 9.17) is 15.2 Å². The van der Waals surface area contributed by atoms with Crippen molar-refractivity contribution in [2.24, 2.45) is 11.7 Å². The van der Waals surface area contributed by atoms with Crippen LogP contribution in [0.1, 0.15) is 42.3 Å². The van der Waals surface area contributed by atoms with Gasteiger partial charge in [0.15, 0.2) is 0 Å². The number of amides is 2. The number of rotatable bonds is 7. The standard InChI is InChI=1S/C17H26N4O4/c1-10(2)6-12-7-13(20-11(3)19-12)17(23)21-14-8-24-5-4-15(14)25-9-16(18)22/h7,10,14-15H,4-6,8-9H2,1-3H3,(H2,18,22)(H,21,23)/t14-,15+/m1/s1. The third kappa shape index (κ3) is 6.06. The Morgan fingerprint density at radius 2 is 2.20 bits per heavy atom. The summed E-state index contributed by atoms with van der Waals surface area (Å²) < 4.78 is 10.9. The van der Waals surface area contributed by atoms with Crippen LogP contribution in [0.5, 0.6) is 0 Å². The Morgan fingerprint density at radius 1 is 1.44 bits per heavy atom. The first-order valence-corrected chi connectivity index (χ1v) is 8.48. The molecule has 1 aromatic rings. The highest BCUT2D eigenvalue weighted by Gasteiger charge is 2.29. The summed E-state index contributed by atoms with van der Waals surface area (Å²) in [6, 6.07) is 1.36. The molecule has 0 radical (unpaired) electrons. The van der Waals surface area contributed by atoms with Gasteiger partial charge in [-0.2, -0.15) is 0 Å². The molecule has 3 N–H and O–H groups in total. The molecule has 0 aromatic carbocycles. The maximum Gasteiger partial charge on any atom is 0.270 e. The molecule has 0 saturated carbocycles. The van der Waals surface area contributed by atoms with E-state index >= 15 is 0 Å². The van der Waals surface area contributed by atoms with E-state index in [1.807, 2.05) is 0 Å². The van der Waals surface area contributed by atoms with Gasteiger partial charge in [-0.25, -0.2) is 9.97 Å². The first-order valence-electron chi connectivity index (χ1n) is 8.48. The zero-order valence-corrected chi connectivity index (χ0v) is 14.9. The van der Waals surface area contributed by atoms with Gasteiger partial charge in [-0.3, -0.25) is 9.59 Å². The maximum atomic E-state index is 12.6. The molecule has 0 unspecified atom stereocenters. The van der Waals surface area contributed by atoms with Crippen LogP contribution in [0.15, 0.2) is 6.07 Å². The van der Waals surface area contributed by atoms with E-state index < -0.39 is 5.91 Å². The minimum absolute atomic E-state index is 0.178. The van der Waals surface area contributed by atoms with E-state index in [-0.39, 0.29) is 24.7 Å². The molecule has 2 atom stereocenters. The number of hydrogen-bond donors (Lipinski definition) is 2. The number of nitrogens with two attached hydrogens (primary N) is 1. The first-order chi connectivity index (χ1) is 11.8. The van der Waals surface area contributed by atoms with Crippen molar-refractivity contribution in [1.29, 1.82) is 0 Å². The lowest BCUT2D eigenvalue weighted by Crippen LogP contribution is -2.51. The second kappa shape index (κ2) is 8.87. The summed E-state index contributed by atoms with van der Waals surface area (Å²) in [7, 11) is 0. The molecule has 1 aliphatic heterocycles. The summed E-state index contributed by atoms with van der Waals surface area (Å²) in [6.07, 6.45) is 1.04. The molecule has 2 rings (SSSR count). The topological polar surface area (TPSA) is 116 Å². The molecule has 1 fully saturated rings. The Balaban J connectivity index is 2.06. The smallest absolute Gasteiger partial charge is 0.270 e. The molecule has 138 valence electrons. The molecular formula is C17H26N4O4. The summed E-state index contributed by atoms with van der Waals surface area (Å²) in [4.78, 5) is 32.1. The van der Waals surface area contributed by atoms with Crippen LogP contribution in [-0.4, -0.2) is 53.7 Å². The highest BCUT2D eigenvalue weighted by molar-refractivity contribution is 5.92. The number of nitrogens with one attached hydrogen (secondary N) is 1. The van der Waals surface area contributed by atoms with E-state index in [9.17, 15) is 9.59 Å². The molecule has 1 aliphatic rings. The van der Waals surface area contributed by atoms with Crippen molar-refractivity contribution in [3.05, 3.63) is 23.3 Å². The molecule has 0 bridgehead atoms. The second-order valence-electron chi connectivity index (χ2n) is 6.65. The second-order valence-corrected chi connectivity index (χ2v) is 6.65. The normalized spacial score (nSPS) is 20.5. The molecule has 0 aliphatic carbocycles. The third-order valence-electron chi connectivity index (χ3n) is 3.79. The van der Waals surface area contributed by atoms with Crippen molar-refractivity contribution in [1.82, 2.24) is 15.3 Å². The highest BCUT2D eigenvalue weighted by atomic mass is 16.5. The van der Waals surface area contributed by atoms with Crippen LogP contribution in [0.3, 0.4) is 0 Å². The lowest BCUT2D eigenvalue weighted by Gasteiger charge is -2.31. The van der Waals surface area contributed by atoms with Crippen molar-refractivity contribution in [2.75, 3.05) is 19.8 Å². The molecular weight excluding hydrogens is 324 g/mol. The summed E-state index contributed by atoms with van der Waals surface area (Å²) in [5, 5.41) is 2.89. The van der Waals surface area contributed by atoms with Crippen LogP contribution in [-0.2, 0) is 20.7 Å². The number of hydrogen-bond acceptors (Lipinski definition) is 6. The van der Waals surface area contributed by atoms with Gasteiger partial charge in [-0.05, 0) is 31.7 Å². The lowest BCUT2D eigenvalue weighted by molar-refractivity contribution is -0.128. The van der Waals surface area contributed by atoms with Gasteiger partial charge in [0.1, 0.15) is 18.1 Å². The van der Waals surface area contributed by atoms with Gasteiger partial charge in [-0.15, -0.1) is 0 Å². The number of primary amides is 1. The minimum Gasteiger partial charge on any atom is -0.379 e. The quantitative estimate of drug-likeness (QED) is 0.734. The van der Waals surface area contributed by atoms with Crippen LogP contribution in [0.25, 0.3) is 0 Å². The van der Waals surface area contributed by atoms with Gasteiger partial charge in [0, 0.05) is 12.3 Å². The van der Waals surface area contributed by atoms with E-state index in [2.05, 4.69) is 29.1 Å². The Hall–Kier alpha value is -2.06. The molecule has 8 heteroatoms. The van der Waals surface area contributed by atoms with Crippen molar-refractivity contribution in [3.8, 4) is 0 Å². The molecule has 8 nitrogen and oxygen atoms in total. The number of carbonyl (C=O) groups is 2. The molecule has 2 heterocycles. The molecule has 1 aromatic heterocycles. The van der Waals surface area contributed by atoms with Gasteiger partial charge in [-0.1, -0.05) is 13.8 Å². The average molecular weight is 350 g/mol. The van der Waals surface area contributed by atoms with E-state index in [0.717, 1.165) is 12.1 Å². The molecule has 1 saturated heterocycles. The predicted octanol–water partition coefficient (Wildman–Crippen LogP) is 0.373. The largest absolute Gasteiger partial charge is 0.379 e. The Morgan fingerprint density at radius 3 is 2.88 bits per heavy atom. The number of ether oxygens (including phenoxy) is 2. The van der Waals surface area contributed by atoms with Gasteiger partial charge < -0.3 is 20.5 Å². The van der Waals surface area contributed by atoms with Crippen molar-refractivity contribution in [3.63, 3.8) is 0 Å². The minimum atomic E-state index is -0.540. The van der Waals surface area contributed by atoms with Crippen LogP contribution in [0, 0.1) is 12.8 Å². The molecule has 2 amide bonds. The fraction of sp³-hybridized carbons (Fsp3) is 0.647. The number of nitrogens with zero attached hydrogens (tertiary/aromatic N) is 2. The van der Waals surface area contributed by atoms with Crippen molar-refractivity contribution < 1.29 is 19.1 Å². The van der Waals surface area contributed by atoms with Crippen molar-refractivity contribution in [2.45, 2.75) is 45.8 Å². The SMILES string of the molecule is Cc1nc(CC(C)C)cc(C(=O)N[C@@H]2COCC[C@@H]2OCC(N)=O)n1. The van der Waals surface area contributed by atoms with E-state index in [1.54, 1.807) is 13.0 Å². The van der Waals surface area contributed by atoms with E-state index in [1.165, 1.54) is 0 Å². The average Bonchev–Trinajstić information content (AvgIpc) is 2.52. The van der Waals surface area contributed by atoms with Crippen LogP contribution in [0.2, 0.25) is 0 Å². The summed E-state index contributed by atoms with van der Waals surface area (Å²) in [6.45, 7) is 6.61. The lowest BCUT2D eigenvalue weighted by atomic mass is 10.1. The monoisotopic (exact) mass is 350 g/mol. The zero-order valence-electron chi connectivity index (χ0n) is 14.9. The van der Waals surface area contributed by atoms with Crippen LogP contribution < -0.4 is 11.1 Å². The third-order valence-corrected chi connectivity index (χ3v) is 3.79. The highest BCUT2D eigenvalue weighted by Crippen LogP contribution is 2.13. The fourth-order valence-electron chi connectivity index (χ4n) is 2.75. The summed E-state index contributed by atoms with van der Waals surface area (Å²) >= 11 is 0. The van der Waals surface area contributed by atoms with Gasteiger partial charge >= 0.3 is 0 Å². The zero-order chi connectivity index (χ0) is 18.4. The van der Waals surface area contributed by atoms with Crippen molar-refractivity contribution >= 4 is 11.8 Å². The Labute approximate surface area is 147 Å². The van der Waals surface area contributed by atoms with Gasteiger partial charge in [0.25, 0.3) is 5.91 Å². The number of aryl methyl sites for hydroxylation is 1. The summed E-state index contributed by atoms with van der Waals surface area (Å²) in [5.41, 5.74) is 6.28. The summed E-state index contributed by atoms with van der Waals surface area (Å²) in [5.74, 6) is 0.147. The maximum absolute atomic E-state index is 12.6. The Kier molecular flexibility index (Phi) is 6.83. The Bertz CT molecular complexity index is 621. The van der Waals surface area contributed by atoms with Crippen LogP contribution in [0.4, 0.5) is 0 Å². The van der Waals surface area contributed by atoms with E-state index in [0.29, 0.717) is 37.1 Å².